The summed E-state index contributed by atoms with van der Waals surface area (Å²) in [5, 5.41) is 10.9. The smallest absolute Gasteiger partial charge is 0.273 e. The summed E-state index contributed by atoms with van der Waals surface area (Å²) in [6.07, 6.45) is 5.26. The molecule has 0 radical (unpaired) electrons. The first-order chi connectivity index (χ1) is 13.0. The monoisotopic (exact) mass is 373 g/mol. The van der Waals surface area contributed by atoms with Crippen LogP contribution in [0.3, 0.4) is 0 Å². The number of piperidine rings is 1. The van der Waals surface area contributed by atoms with Gasteiger partial charge in [-0.1, -0.05) is 29.8 Å². The lowest BCUT2D eigenvalue weighted by Gasteiger charge is -2.38. The van der Waals surface area contributed by atoms with Gasteiger partial charge in [0.2, 0.25) is 0 Å². The maximum absolute atomic E-state index is 14.0. The van der Waals surface area contributed by atoms with Crippen molar-refractivity contribution >= 4 is 5.91 Å². The third-order valence-corrected chi connectivity index (χ3v) is 5.53. The van der Waals surface area contributed by atoms with Crippen molar-refractivity contribution in [2.24, 2.45) is 0 Å². The van der Waals surface area contributed by atoms with Gasteiger partial charge in [0.1, 0.15) is 5.82 Å². The van der Waals surface area contributed by atoms with Crippen LogP contribution in [0.5, 0.6) is 0 Å². The van der Waals surface area contributed by atoms with Gasteiger partial charge in [0.25, 0.3) is 5.91 Å². The molecule has 3 atom stereocenters. The number of carbonyl (C=O) groups excluding carboxylic acids is 1. The number of nitrogens with zero attached hydrogens (tertiary/aromatic N) is 4. The summed E-state index contributed by atoms with van der Waals surface area (Å²) in [4.78, 5) is 14.8. The predicted molar refractivity (Wildman–Crippen MR) is 102 cm³/mol. The predicted octanol–water partition coefficient (Wildman–Crippen LogP) is 3.02. The minimum Gasteiger partial charge on any atom is -0.349 e. The van der Waals surface area contributed by atoms with Gasteiger partial charge in [-0.3, -0.25) is 9.69 Å². The fourth-order valence-corrected chi connectivity index (χ4v) is 3.83. The van der Waals surface area contributed by atoms with Gasteiger partial charge in [-0.25, -0.2) is 9.07 Å². The zero-order valence-electron chi connectivity index (χ0n) is 16.2. The molecule has 146 valence electrons. The summed E-state index contributed by atoms with van der Waals surface area (Å²) >= 11 is 0. The number of aromatic nitrogens is 3. The van der Waals surface area contributed by atoms with Gasteiger partial charge in [-0.15, -0.1) is 5.10 Å². The van der Waals surface area contributed by atoms with Gasteiger partial charge in [0.15, 0.2) is 5.69 Å². The summed E-state index contributed by atoms with van der Waals surface area (Å²) in [5.41, 5.74) is 0.764. The summed E-state index contributed by atoms with van der Waals surface area (Å²) in [6, 6.07) is 7.32. The molecule has 1 N–H and O–H groups in total. The van der Waals surface area contributed by atoms with Gasteiger partial charge in [-0.2, -0.15) is 0 Å². The van der Waals surface area contributed by atoms with Crippen molar-refractivity contribution in [3.05, 3.63) is 47.5 Å². The number of rotatable bonds is 6. The first-order valence-corrected chi connectivity index (χ1v) is 9.67. The molecule has 0 bridgehead atoms. The third kappa shape index (κ3) is 4.53. The van der Waals surface area contributed by atoms with Crippen molar-refractivity contribution in [1.29, 1.82) is 0 Å². The molecule has 0 unspecified atom stereocenters. The van der Waals surface area contributed by atoms with Crippen LogP contribution in [0, 0.1) is 5.82 Å². The number of carbonyl (C=O) groups is 1. The molecule has 1 aliphatic rings. The second-order valence-electron chi connectivity index (χ2n) is 7.40. The van der Waals surface area contributed by atoms with E-state index in [4.69, 9.17) is 0 Å². The lowest BCUT2D eigenvalue weighted by atomic mass is 9.98. The molecule has 1 aromatic heterocycles. The molecular formula is C20H28FN5O. The molecule has 0 aliphatic carbocycles. The highest BCUT2D eigenvalue weighted by Crippen LogP contribution is 2.22. The third-order valence-electron chi connectivity index (χ3n) is 5.53. The first-order valence-electron chi connectivity index (χ1n) is 9.67. The van der Waals surface area contributed by atoms with Crippen LogP contribution in [0.4, 0.5) is 4.39 Å². The Morgan fingerprint density at radius 3 is 2.70 bits per heavy atom. The highest BCUT2D eigenvalue weighted by atomic mass is 19.1. The molecular weight excluding hydrogens is 345 g/mol. The first kappa shape index (κ1) is 19.5. The molecule has 27 heavy (non-hydrogen) atoms. The zero-order valence-corrected chi connectivity index (χ0v) is 16.2. The van der Waals surface area contributed by atoms with Crippen molar-refractivity contribution in [2.45, 2.75) is 58.2 Å². The van der Waals surface area contributed by atoms with Gasteiger partial charge < -0.3 is 5.32 Å². The van der Waals surface area contributed by atoms with E-state index in [9.17, 15) is 9.18 Å². The minimum atomic E-state index is -0.338. The van der Waals surface area contributed by atoms with Crippen molar-refractivity contribution < 1.29 is 9.18 Å². The Bertz CT molecular complexity index is 767. The van der Waals surface area contributed by atoms with Crippen LogP contribution in [0.2, 0.25) is 0 Å². The van der Waals surface area contributed by atoms with Gasteiger partial charge in [0.05, 0.1) is 12.2 Å². The second-order valence-corrected chi connectivity index (χ2v) is 7.40. The van der Waals surface area contributed by atoms with E-state index in [0.717, 1.165) is 6.54 Å². The molecule has 6 nitrogen and oxygen atoms in total. The standard InChI is InChI=1S/C20H28FN5O/c1-14-7-6-8-15(2)25(14)12-11-22-20(27)19-13-26(24-23-19)16(3)17-9-4-5-10-18(17)21/h4-5,9-10,13-16H,6-8,11-12H2,1-3H3,(H,22,27)/t14-,15-,16+/m1/s1. The van der Waals surface area contributed by atoms with Gasteiger partial charge in [-0.05, 0) is 39.7 Å². The molecule has 1 amide bonds. The van der Waals surface area contributed by atoms with Crippen molar-refractivity contribution in [3.63, 3.8) is 0 Å². The highest BCUT2D eigenvalue weighted by Gasteiger charge is 2.24. The van der Waals surface area contributed by atoms with E-state index in [0.29, 0.717) is 24.2 Å². The quantitative estimate of drug-likeness (QED) is 0.845. The number of hydrogen-bond acceptors (Lipinski definition) is 4. The van der Waals surface area contributed by atoms with E-state index in [1.54, 1.807) is 24.4 Å². The Balaban J connectivity index is 1.56. The summed E-state index contributed by atoms with van der Waals surface area (Å²) in [6.45, 7) is 7.71. The molecule has 2 aromatic rings. The molecule has 0 saturated carbocycles. The molecule has 3 rings (SSSR count). The maximum Gasteiger partial charge on any atom is 0.273 e. The minimum absolute atomic E-state index is 0.248. The van der Waals surface area contributed by atoms with Crippen LogP contribution in [-0.2, 0) is 0 Å². The largest absolute Gasteiger partial charge is 0.349 e. The van der Waals surface area contributed by atoms with E-state index in [2.05, 4.69) is 34.4 Å². The Labute approximate surface area is 159 Å². The Hall–Kier alpha value is -2.28. The van der Waals surface area contributed by atoms with E-state index >= 15 is 0 Å². The number of nitrogens with one attached hydrogen (secondary N) is 1. The van der Waals surface area contributed by atoms with Gasteiger partial charge >= 0.3 is 0 Å². The molecule has 1 saturated heterocycles. The average molecular weight is 373 g/mol. The van der Waals surface area contributed by atoms with Crippen LogP contribution in [0.25, 0.3) is 0 Å². The van der Waals surface area contributed by atoms with E-state index < -0.39 is 0 Å². The summed E-state index contributed by atoms with van der Waals surface area (Å²) in [5.74, 6) is -0.546. The zero-order chi connectivity index (χ0) is 19.4. The van der Waals surface area contributed by atoms with Crippen LogP contribution >= 0.6 is 0 Å². The molecule has 1 aliphatic heterocycles. The fourth-order valence-electron chi connectivity index (χ4n) is 3.83. The van der Waals surface area contributed by atoms with Gasteiger partial charge in [0, 0.05) is 30.7 Å². The molecule has 7 heteroatoms. The second kappa shape index (κ2) is 8.61. The van der Waals surface area contributed by atoms with Crippen LogP contribution in [0.1, 0.15) is 62.1 Å². The number of benzene rings is 1. The van der Waals surface area contributed by atoms with Crippen LogP contribution in [-0.4, -0.2) is 51.0 Å². The summed E-state index contributed by atoms with van der Waals surface area (Å²) in [7, 11) is 0. The van der Waals surface area contributed by atoms with Crippen molar-refractivity contribution in [1.82, 2.24) is 25.2 Å². The number of halogens is 1. The Kier molecular flexibility index (Phi) is 6.21. The lowest BCUT2D eigenvalue weighted by Crippen LogP contribution is -2.47. The number of likely N-dealkylation sites (tertiary alicyclic amines) is 1. The lowest BCUT2D eigenvalue weighted by molar-refractivity contribution is 0.0885. The highest BCUT2D eigenvalue weighted by molar-refractivity contribution is 5.91. The fraction of sp³-hybridized carbons (Fsp3) is 0.550. The molecule has 1 fully saturated rings. The van der Waals surface area contributed by atoms with Crippen molar-refractivity contribution in [3.8, 4) is 0 Å². The van der Waals surface area contributed by atoms with Crippen molar-refractivity contribution in [2.75, 3.05) is 13.1 Å². The van der Waals surface area contributed by atoms with E-state index in [-0.39, 0.29) is 23.5 Å². The topological polar surface area (TPSA) is 63.1 Å². The molecule has 0 spiro atoms. The Morgan fingerprint density at radius 2 is 2.00 bits per heavy atom. The van der Waals surface area contributed by atoms with E-state index in [1.165, 1.54) is 30.0 Å². The number of hydrogen-bond donors (Lipinski definition) is 1. The maximum atomic E-state index is 14.0. The summed E-state index contributed by atoms with van der Waals surface area (Å²) < 4.78 is 15.5. The number of amides is 1. The Morgan fingerprint density at radius 1 is 1.30 bits per heavy atom. The molecule has 2 heterocycles. The SMILES string of the molecule is C[C@@H]1CCC[C@@H](C)N1CCNC(=O)c1cn([C@@H](C)c2ccccc2F)nn1. The van der Waals surface area contributed by atoms with Crippen LogP contribution < -0.4 is 5.32 Å². The normalized spacial score (nSPS) is 21.8. The van der Waals surface area contributed by atoms with E-state index in [1.807, 2.05) is 6.92 Å². The average Bonchev–Trinajstić information content (AvgIpc) is 3.14. The van der Waals surface area contributed by atoms with Crippen LogP contribution in [0.15, 0.2) is 30.5 Å². The molecule has 1 aromatic carbocycles.